The lowest BCUT2D eigenvalue weighted by Gasteiger charge is -1.94. The highest BCUT2D eigenvalue weighted by atomic mass is 16.5. The van der Waals surface area contributed by atoms with E-state index in [-0.39, 0.29) is 5.97 Å². The molecule has 3 heteroatoms. The van der Waals surface area contributed by atoms with Crippen LogP contribution in [0.4, 0.5) is 0 Å². The molecule has 0 N–H and O–H groups in total. The van der Waals surface area contributed by atoms with Crippen LogP contribution in [0.25, 0.3) is 0 Å². The Hall–Kier alpha value is -1.25. The first-order chi connectivity index (χ1) is 5.33. The normalized spacial score (nSPS) is 9.55. The van der Waals surface area contributed by atoms with E-state index in [2.05, 4.69) is 11.8 Å². The molecule has 0 bridgehead atoms. The number of ether oxygens (including phenoxy) is 1. The Labute approximate surface area is 65.0 Å². The number of esters is 1. The summed E-state index contributed by atoms with van der Waals surface area (Å²) in [7, 11) is 3.01. The number of aryl methyl sites for hydroxylation is 1. The Kier molecular flexibility index (Phi) is 2.72. The first-order valence-electron chi connectivity index (χ1n) is 3.30. The van der Waals surface area contributed by atoms with Gasteiger partial charge in [-0.05, 0) is 12.1 Å². The van der Waals surface area contributed by atoms with Crippen molar-refractivity contribution in [1.29, 1.82) is 0 Å². The lowest BCUT2D eigenvalue weighted by molar-refractivity contribution is -0.138. The third-order valence-corrected chi connectivity index (χ3v) is 1.32. The molecule has 0 aromatic carbocycles. The quantitative estimate of drug-likeness (QED) is 0.618. The van der Waals surface area contributed by atoms with Crippen molar-refractivity contribution < 1.29 is 13.9 Å². The number of hydrogen-bond acceptors (Lipinski definition) is 3. The largest absolute Gasteiger partial charge is 0.469 e. The second-order valence-electron chi connectivity index (χ2n) is 2.10. The van der Waals surface area contributed by atoms with Crippen LogP contribution in [0.1, 0.15) is 12.2 Å². The molecule has 0 aliphatic rings. The third kappa shape index (κ3) is 2.45. The van der Waals surface area contributed by atoms with Crippen molar-refractivity contribution in [2.45, 2.75) is 12.8 Å². The molecule has 0 atom stereocenters. The van der Waals surface area contributed by atoms with Crippen molar-refractivity contribution in [2.24, 2.45) is 0 Å². The number of carbonyl (C=O) groups excluding carboxylic acids is 1. The second kappa shape index (κ2) is 3.81. The zero-order chi connectivity index (χ0) is 8.10. The molecule has 1 rings (SSSR count). The van der Waals surface area contributed by atoms with Crippen LogP contribution in [-0.2, 0) is 16.0 Å². The van der Waals surface area contributed by atoms with Gasteiger partial charge in [-0.1, -0.05) is 0 Å². The van der Waals surface area contributed by atoms with Crippen molar-refractivity contribution in [2.75, 3.05) is 0 Å². The SMILES string of the molecule is [CH2]OC(=O)CCc1ccco1. The van der Waals surface area contributed by atoms with E-state index < -0.39 is 0 Å². The summed E-state index contributed by atoms with van der Waals surface area (Å²) in [4.78, 5) is 10.6. The zero-order valence-electron chi connectivity index (χ0n) is 6.08. The van der Waals surface area contributed by atoms with Crippen molar-refractivity contribution >= 4 is 5.97 Å². The first-order valence-corrected chi connectivity index (χ1v) is 3.30. The third-order valence-electron chi connectivity index (χ3n) is 1.32. The molecule has 0 spiro atoms. The highest BCUT2D eigenvalue weighted by molar-refractivity contribution is 5.69. The van der Waals surface area contributed by atoms with Gasteiger partial charge in [-0.25, -0.2) is 0 Å². The molecule has 0 amide bonds. The van der Waals surface area contributed by atoms with Gasteiger partial charge in [0, 0.05) is 6.42 Å². The number of hydrogen-bond donors (Lipinski definition) is 0. The highest BCUT2D eigenvalue weighted by Gasteiger charge is 2.01. The summed E-state index contributed by atoms with van der Waals surface area (Å²) in [6.07, 6.45) is 2.46. The van der Waals surface area contributed by atoms with Gasteiger partial charge in [0.15, 0.2) is 0 Å². The summed E-state index contributed by atoms with van der Waals surface area (Å²) in [6, 6.07) is 3.60. The van der Waals surface area contributed by atoms with Gasteiger partial charge in [-0.3, -0.25) is 4.79 Å². The Morgan fingerprint density at radius 1 is 1.73 bits per heavy atom. The molecule has 1 heterocycles. The smallest absolute Gasteiger partial charge is 0.306 e. The summed E-state index contributed by atoms with van der Waals surface area (Å²) in [6.45, 7) is 0. The summed E-state index contributed by atoms with van der Waals surface area (Å²) in [5.74, 6) is 0.469. The van der Waals surface area contributed by atoms with Gasteiger partial charge in [-0.2, -0.15) is 0 Å². The van der Waals surface area contributed by atoms with E-state index >= 15 is 0 Å². The van der Waals surface area contributed by atoms with Crippen molar-refractivity contribution in [3.8, 4) is 0 Å². The summed E-state index contributed by atoms with van der Waals surface area (Å²) in [5.41, 5.74) is 0. The van der Waals surface area contributed by atoms with Crippen LogP contribution >= 0.6 is 0 Å². The van der Waals surface area contributed by atoms with Crippen LogP contribution in [-0.4, -0.2) is 5.97 Å². The minimum absolute atomic E-state index is 0.316. The Morgan fingerprint density at radius 3 is 3.09 bits per heavy atom. The lowest BCUT2D eigenvalue weighted by atomic mass is 10.2. The molecule has 0 saturated heterocycles. The maximum Gasteiger partial charge on any atom is 0.306 e. The van der Waals surface area contributed by atoms with Gasteiger partial charge >= 0.3 is 5.97 Å². The van der Waals surface area contributed by atoms with Crippen LogP contribution < -0.4 is 0 Å². The fraction of sp³-hybridized carbons (Fsp3) is 0.250. The Bertz CT molecular complexity index is 213. The minimum Gasteiger partial charge on any atom is -0.469 e. The predicted molar refractivity (Wildman–Crippen MR) is 38.5 cm³/mol. The standard InChI is InChI=1S/C8H9O3/c1-10-8(9)5-4-7-3-2-6-11-7/h2-3,6H,1,4-5H2. The molecule has 1 radical (unpaired) electrons. The average Bonchev–Trinajstić information content (AvgIpc) is 2.52. The molecule has 0 aliphatic carbocycles. The van der Waals surface area contributed by atoms with Crippen LogP contribution in [0.2, 0.25) is 0 Å². The summed E-state index contributed by atoms with van der Waals surface area (Å²) >= 11 is 0. The van der Waals surface area contributed by atoms with Crippen LogP contribution in [0.5, 0.6) is 0 Å². The van der Waals surface area contributed by atoms with Gasteiger partial charge in [0.1, 0.15) is 12.9 Å². The fourth-order valence-corrected chi connectivity index (χ4v) is 0.752. The second-order valence-corrected chi connectivity index (χ2v) is 2.10. The molecule has 0 unspecified atom stereocenters. The zero-order valence-corrected chi connectivity index (χ0v) is 6.08. The molecule has 11 heavy (non-hydrogen) atoms. The Balaban J connectivity index is 2.29. The van der Waals surface area contributed by atoms with Gasteiger partial charge in [0.25, 0.3) is 0 Å². The molecule has 0 aliphatic heterocycles. The van der Waals surface area contributed by atoms with E-state index in [9.17, 15) is 4.79 Å². The van der Waals surface area contributed by atoms with E-state index in [4.69, 9.17) is 4.42 Å². The van der Waals surface area contributed by atoms with Gasteiger partial charge in [0.2, 0.25) is 0 Å². The van der Waals surface area contributed by atoms with Crippen LogP contribution in [0, 0.1) is 7.11 Å². The van der Waals surface area contributed by atoms with Crippen molar-refractivity contribution in [3.63, 3.8) is 0 Å². The number of furan rings is 1. The predicted octanol–water partition coefficient (Wildman–Crippen LogP) is 1.55. The van der Waals surface area contributed by atoms with Crippen molar-refractivity contribution in [1.82, 2.24) is 0 Å². The first kappa shape index (κ1) is 7.85. The molecule has 1 aromatic heterocycles. The highest BCUT2D eigenvalue weighted by Crippen LogP contribution is 2.03. The van der Waals surface area contributed by atoms with Gasteiger partial charge in [-0.15, -0.1) is 0 Å². The van der Waals surface area contributed by atoms with Crippen LogP contribution in [0.3, 0.4) is 0 Å². The fourth-order valence-electron chi connectivity index (χ4n) is 0.752. The van der Waals surface area contributed by atoms with Crippen molar-refractivity contribution in [3.05, 3.63) is 31.3 Å². The molecule has 0 saturated carbocycles. The molecular weight excluding hydrogens is 144 g/mol. The van der Waals surface area contributed by atoms with E-state index in [0.29, 0.717) is 12.8 Å². The molecular formula is C8H9O3. The molecule has 0 fully saturated rings. The average molecular weight is 153 g/mol. The Morgan fingerprint density at radius 2 is 2.55 bits per heavy atom. The minimum atomic E-state index is -0.318. The topological polar surface area (TPSA) is 39.4 Å². The summed E-state index contributed by atoms with van der Waals surface area (Å²) in [5, 5.41) is 0. The number of rotatable bonds is 3. The van der Waals surface area contributed by atoms with Gasteiger partial charge in [0.05, 0.1) is 12.7 Å². The molecule has 59 valence electrons. The summed E-state index contributed by atoms with van der Waals surface area (Å²) < 4.78 is 9.22. The van der Waals surface area contributed by atoms with E-state index in [1.165, 1.54) is 0 Å². The van der Waals surface area contributed by atoms with Gasteiger partial charge < -0.3 is 9.15 Å². The molecule has 3 nitrogen and oxygen atoms in total. The number of carbonyl (C=O) groups is 1. The maximum atomic E-state index is 10.6. The molecule has 1 aromatic rings. The van der Waals surface area contributed by atoms with E-state index in [0.717, 1.165) is 5.76 Å². The van der Waals surface area contributed by atoms with E-state index in [1.807, 2.05) is 6.07 Å². The van der Waals surface area contributed by atoms with Crippen LogP contribution in [0.15, 0.2) is 22.8 Å². The lowest BCUT2D eigenvalue weighted by Crippen LogP contribution is -1.99. The monoisotopic (exact) mass is 153 g/mol. The van der Waals surface area contributed by atoms with E-state index in [1.54, 1.807) is 12.3 Å². The maximum absolute atomic E-state index is 10.6.